The second-order valence-electron chi connectivity index (χ2n) is 2.74. The van der Waals surface area contributed by atoms with E-state index < -0.39 is 23.3 Å². The summed E-state index contributed by atoms with van der Waals surface area (Å²) in [5, 5.41) is 8.63. The summed E-state index contributed by atoms with van der Waals surface area (Å²) in [6.45, 7) is 0. The highest BCUT2D eigenvalue weighted by atomic mass is 19.1. The van der Waals surface area contributed by atoms with Crippen LogP contribution in [0.3, 0.4) is 0 Å². The summed E-state index contributed by atoms with van der Waals surface area (Å²) in [5.74, 6) is 1.48. The Morgan fingerprint density at radius 1 is 1.44 bits per heavy atom. The molecule has 0 aliphatic heterocycles. The summed E-state index contributed by atoms with van der Waals surface area (Å²) in [6, 6.07) is 3.30. The Labute approximate surface area is 90.7 Å². The van der Waals surface area contributed by atoms with E-state index in [9.17, 15) is 14.0 Å². The van der Waals surface area contributed by atoms with Gasteiger partial charge in [0.05, 0.1) is 12.7 Å². The number of carboxylic acids is 1. The molecule has 5 heteroatoms. The molecule has 1 aromatic carbocycles. The van der Waals surface area contributed by atoms with Crippen LogP contribution in [0.2, 0.25) is 0 Å². The fourth-order valence-electron chi connectivity index (χ4n) is 0.941. The maximum absolute atomic E-state index is 13.0. The van der Waals surface area contributed by atoms with E-state index in [-0.39, 0.29) is 5.56 Å². The van der Waals surface area contributed by atoms with Gasteiger partial charge >= 0.3 is 11.9 Å². The second-order valence-corrected chi connectivity index (χ2v) is 2.74. The lowest BCUT2D eigenvalue weighted by Gasteiger charge is -1.97. The molecule has 0 saturated carbocycles. The lowest BCUT2D eigenvalue weighted by molar-refractivity contribution is -0.133. The Kier molecular flexibility index (Phi) is 3.62. The van der Waals surface area contributed by atoms with Crippen LogP contribution in [-0.4, -0.2) is 24.2 Å². The summed E-state index contributed by atoms with van der Waals surface area (Å²) in [7, 11) is 1.17. The Morgan fingerprint density at radius 3 is 2.69 bits per heavy atom. The third kappa shape index (κ3) is 2.82. The Balaban J connectivity index is 3.07. The quantitative estimate of drug-likeness (QED) is 0.569. The van der Waals surface area contributed by atoms with Crippen LogP contribution in [0.1, 0.15) is 15.9 Å². The van der Waals surface area contributed by atoms with Crippen LogP contribution < -0.4 is 0 Å². The molecule has 0 bridgehead atoms. The van der Waals surface area contributed by atoms with Crippen molar-refractivity contribution < 1.29 is 23.8 Å². The number of rotatable bonds is 1. The topological polar surface area (TPSA) is 63.6 Å². The van der Waals surface area contributed by atoms with Crippen molar-refractivity contribution in [2.75, 3.05) is 7.11 Å². The molecule has 1 N–H and O–H groups in total. The first-order valence-corrected chi connectivity index (χ1v) is 4.17. The number of hydrogen-bond donors (Lipinski definition) is 1. The molecule has 0 fully saturated rings. The van der Waals surface area contributed by atoms with E-state index in [4.69, 9.17) is 5.11 Å². The van der Waals surface area contributed by atoms with E-state index in [1.807, 2.05) is 0 Å². The van der Waals surface area contributed by atoms with Gasteiger partial charge in [0.25, 0.3) is 0 Å². The van der Waals surface area contributed by atoms with Gasteiger partial charge < -0.3 is 9.84 Å². The van der Waals surface area contributed by atoms with Gasteiger partial charge in [-0.3, -0.25) is 0 Å². The minimum atomic E-state index is -1.39. The summed E-state index contributed by atoms with van der Waals surface area (Å²) >= 11 is 0. The standard InChI is InChI=1S/C11H7FO4/c1-16-10(13)5-3-7-2-4-9(12)8(6-7)11(14)15/h2,4,6H,1H3,(H,14,15). The molecular weight excluding hydrogens is 215 g/mol. The molecule has 82 valence electrons. The molecule has 4 nitrogen and oxygen atoms in total. The van der Waals surface area contributed by atoms with Crippen LogP contribution in [0.4, 0.5) is 4.39 Å². The molecule has 0 unspecified atom stereocenters. The molecule has 0 atom stereocenters. The normalized spacial score (nSPS) is 8.88. The number of ether oxygens (including phenoxy) is 1. The number of benzene rings is 1. The van der Waals surface area contributed by atoms with Crippen LogP contribution in [0.5, 0.6) is 0 Å². The van der Waals surface area contributed by atoms with Gasteiger partial charge in [0.2, 0.25) is 0 Å². The maximum Gasteiger partial charge on any atom is 0.384 e. The first kappa shape index (κ1) is 11.7. The fraction of sp³-hybridized carbons (Fsp3) is 0.0909. The summed E-state index contributed by atoms with van der Waals surface area (Å²) in [5.41, 5.74) is -0.263. The smallest absolute Gasteiger partial charge is 0.384 e. The van der Waals surface area contributed by atoms with E-state index in [0.29, 0.717) is 0 Å². The van der Waals surface area contributed by atoms with Crippen LogP contribution in [0.25, 0.3) is 0 Å². The average Bonchev–Trinajstić information content (AvgIpc) is 2.27. The summed E-state index contributed by atoms with van der Waals surface area (Å²) in [6.07, 6.45) is 0. The zero-order valence-electron chi connectivity index (χ0n) is 8.28. The Bertz CT molecular complexity index is 496. The molecule has 16 heavy (non-hydrogen) atoms. The van der Waals surface area contributed by atoms with Gasteiger partial charge in [-0.05, 0) is 18.2 Å². The first-order chi connectivity index (χ1) is 7.54. The van der Waals surface area contributed by atoms with E-state index in [2.05, 4.69) is 16.6 Å². The number of aromatic carboxylic acids is 1. The van der Waals surface area contributed by atoms with Crippen LogP contribution in [-0.2, 0) is 9.53 Å². The van der Waals surface area contributed by atoms with Gasteiger partial charge in [-0.1, -0.05) is 5.92 Å². The van der Waals surface area contributed by atoms with Crippen molar-refractivity contribution in [3.63, 3.8) is 0 Å². The predicted octanol–water partition coefficient (Wildman–Crippen LogP) is 1.05. The Morgan fingerprint density at radius 2 is 2.12 bits per heavy atom. The minimum absolute atomic E-state index is 0.226. The molecule has 0 spiro atoms. The number of hydrogen-bond acceptors (Lipinski definition) is 3. The third-order valence-electron chi connectivity index (χ3n) is 1.69. The number of methoxy groups -OCH3 is 1. The fourth-order valence-corrected chi connectivity index (χ4v) is 0.941. The van der Waals surface area contributed by atoms with E-state index in [1.54, 1.807) is 0 Å². The zero-order chi connectivity index (χ0) is 12.1. The largest absolute Gasteiger partial charge is 0.478 e. The number of carbonyl (C=O) groups excluding carboxylic acids is 1. The van der Waals surface area contributed by atoms with Crippen LogP contribution in [0.15, 0.2) is 18.2 Å². The SMILES string of the molecule is COC(=O)C#Cc1ccc(F)c(C(=O)O)c1. The van der Waals surface area contributed by atoms with E-state index in [1.165, 1.54) is 13.2 Å². The van der Waals surface area contributed by atoms with Gasteiger partial charge in [0, 0.05) is 11.5 Å². The van der Waals surface area contributed by atoms with Crippen molar-refractivity contribution in [1.82, 2.24) is 0 Å². The molecule has 0 saturated heterocycles. The monoisotopic (exact) mass is 222 g/mol. The number of halogens is 1. The molecule has 0 radical (unpaired) electrons. The minimum Gasteiger partial charge on any atom is -0.478 e. The highest BCUT2D eigenvalue weighted by Crippen LogP contribution is 2.09. The maximum atomic E-state index is 13.0. The molecule has 1 rings (SSSR count). The molecule has 0 amide bonds. The van der Waals surface area contributed by atoms with Gasteiger partial charge in [-0.15, -0.1) is 0 Å². The van der Waals surface area contributed by atoms with Crippen molar-refractivity contribution >= 4 is 11.9 Å². The summed E-state index contributed by atoms with van der Waals surface area (Å²) in [4.78, 5) is 21.3. The van der Waals surface area contributed by atoms with Crippen LogP contribution in [0, 0.1) is 17.7 Å². The third-order valence-corrected chi connectivity index (χ3v) is 1.69. The van der Waals surface area contributed by atoms with Crippen molar-refractivity contribution in [2.24, 2.45) is 0 Å². The molecule has 0 aliphatic carbocycles. The molecular formula is C11H7FO4. The molecule has 0 heterocycles. The highest BCUT2D eigenvalue weighted by Gasteiger charge is 2.09. The van der Waals surface area contributed by atoms with Gasteiger partial charge in [-0.25, -0.2) is 14.0 Å². The van der Waals surface area contributed by atoms with Crippen molar-refractivity contribution in [1.29, 1.82) is 0 Å². The zero-order valence-corrected chi connectivity index (χ0v) is 8.28. The number of esters is 1. The first-order valence-electron chi connectivity index (χ1n) is 4.17. The Hall–Kier alpha value is -2.35. The molecule has 0 aliphatic rings. The van der Waals surface area contributed by atoms with E-state index >= 15 is 0 Å². The van der Waals surface area contributed by atoms with Crippen LogP contribution >= 0.6 is 0 Å². The lowest BCUT2D eigenvalue weighted by atomic mass is 10.1. The number of carboxylic acid groups (broad SMARTS) is 1. The lowest BCUT2D eigenvalue weighted by Crippen LogP contribution is -2.01. The predicted molar refractivity (Wildman–Crippen MR) is 52.3 cm³/mol. The summed E-state index contributed by atoms with van der Waals surface area (Å²) < 4.78 is 17.2. The number of carbonyl (C=O) groups is 2. The second kappa shape index (κ2) is 4.94. The highest BCUT2D eigenvalue weighted by molar-refractivity contribution is 5.90. The van der Waals surface area contributed by atoms with Gasteiger partial charge in [-0.2, -0.15) is 0 Å². The van der Waals surface area contributed by atoms with E-state index in [0.717, 1.165) is 12.1 Å². The van der Waals surface area contributed by atoms with Crippen molar-refractivity contribution in [3.8, 4) is 11.8 Å². The molecule has 1 aromatic rings. The van der Waals surface area contributed by atoms with Gasteiger partial charge in [0.1, 0.15) is 5.82 Å². The molecule has 0 aromatic heterocycles. The van der Waals surface area contributed by atoms with Crippen molar-refractivity contribution in [2.45, 2.75) is 0 Å². The average molecular weight is 222 g/mol. The van der Waals surface area contributed by atoms with Crippen molar-refractivity contribution in [3.05, 3.63) is 35.1 Å². The van der Waals surface area contributed by atoms with Gasteiger partial charge in [0.15, 0.2) is 0 Å².